The van der Waals surface area contributed by atoms with Gasteiger partial charge in [0.2, 0.25) is 27.7 Å². The second-order valence-corrected chi connectivity index (χ2v) is 43.1. The second-order valence-electron chi connectivity index (χ2n) is 38.8. The Morgan fingerprint density at radius 1 is 0.423 bits per heavy atom. The number of carbonyl (C=O) groups excluding carboxylic acids is 4. The number of sulfone groups is 1. The number of nitrogens with one attached hydrogen (secondary N) is 2. The molecule has 1 saturated carbocycles. The Hall–Kier alpha value is -6.15. The topological polar surface area (TPSA) is 315 Å². The van der Waals surface area contributed by atoms with Crippen LogP contribution in [0.3, 0.4) is 0 Å². The van der Waals surface area contributed by atoms with Gasteiger partial charge in [-0.2, -0.15) is 0 Å². The molecule has 30 nitrogen and oxygen atoms in total. The molecule has 2 N–H and O–H groups in total. The van der Waals surface area contributed by atoms with Crippen LogP contribution in [-0.2, 0) is 86.3 Å². The molecule has 7 saturated heterocycles. The van der Waals surface area contributed by atoms with Gasteiger partial charge < -0.3 is 101 Å². The number of methoxy groups -OCH3 is 13. The van der Waals surface area contributed by atoms with E-state index in [1.807, 2.05) is 77.9 Å². The first kappa shape index (κ1) is 136. The fourth-order valence-electron chi connectivity index (χ4n) is 17.3. The minimum atomic E-state index is -2.97. The molecular formula is C109H200FN7O23S2. The van der Waals surface area contributed by atoms with Crippen molar-refractivity contribution in [2.45, 2.75) is 259 Å². The maximum absolute atomic E-state index is 12.2. The lowest BCUT2D eigenvalue weighted by molar-refractivity contribution is -0.130. The van der Waals surface area contributed by atoms with Gasteiger partial charge in [-0.05, 0) is 324 Å². The number of sulfonamides is 1. The summed E-state index contributed by atoms with van der Waals surface area (Å²) in [6, 6.07) is 20.6. The van der Waals surface area contributed by atoms with Crippen LogP contribution in [0.15, 0.2) is 72.8 Å². The summed E-state index contributed by atoms with van der Waals surface area (Å²) in [5, 5.41) is 6.03. The molecule has 7 heterocycles. The summed E-state index contributed by atoms with van der Waals surface area (Å²) < 4.78 is 132. The molecule has 3 aromatic carbocycles. The van der Waals surface area contributed by atoms with Crippen LogP contribution in [0.1, 0.15) is 253 Å². The van der Waals surface area contributed by atoms with Crippen molar-refractivity contribution in [3.8, 4) is 23.0 Å². The lowest BCUT2D eigenvalue weighted by Gasteiger charge is -2.33. The number of benzene rings is 3. The minimum absolute atomic E-state index is 0.0803. The van der Waals surface area contributed by atoms with E-state index in [4.69, 9.17) is 66.3 Å². The molecule has 1 aliphatic carbocycles. The number of rotatable bonds is 41. The molecule has 8 fully saturated rings. The largest absolute Gasteiger partial charge is 0.497 e. The number of piperidine rings is 5. The van der Waals surface area contributed by atoms with Gasteiger partial charge in [0.15, 0.2) is 0 Å². The number of hydrogen-bond acceptors (Lipinski definition) is 25. The fourth-order valence-corrected chi connectivity index (χ4v) is 18.8. The van der Waals surface area contributed by atoms with Crippen LogP contribution in [0.4, 0.5) is 14.9 Å². The quantitative estimate of drug-likeness (QED) is 0.0499. The summed E-state index contributed by atoms with van der Waals surface area (Å²) >= 11 is 0. The molecule has 7 aliphatic heterocycles. The van der Waals surface area contributed by atoms with Crippen molar-refractivity contribution in [2.24, 2.45) is 41.4 Å². The van der Waals surface area contributed by atoms with Crippen LogP contribution < -0.4 is 29.6 Å². The highest BCUT2D eigenvalue weighted by Gasteiger charge is 2.29. The van der Waals surface area contributed by atoms with Gasteiger partial charge in [0.1, 0.15) is 44.3 Å². The van der Waals surface area contributed by atoms with Crippen LogP contribution in [0, 0.1) is 47.2 Å². The maximum Gasteiger partial charge on any atom is 0.410 e. The minimum Gasteiger partial charge on any atom is -0.497 e. The third-order valence-corrected chi connectivity index (χ3v) is 28.1. The normalized spacial score (nSPS) is 16.9. The predicted molar refractivity (Wildman–Crippen MR) is 572 cm³/mol. The fraction of sp³-hybridized carbons (Fsp3) is 0.798. The second kappa shape index (κ2) is 88.9. The van der Waals surface area contributed by atoms with Crippen molar-refractivity contribution < 1.29 is 111 Å². The van der Waals surface area contributed by atoms with Crippen molar-refractivity contribution in [3.05, 3.63) is 78.6 Å². The van der Waals surface area contributed by atoms with E-state index in [0.717, 1.165) is 221 Å². The zero-order valence-electron chi connectivity index (χ0n) is 92.3. The highest BCUT2D eigenvalue weighted by Crippen LogP contribution is 2.30. The van der Waals surface area contributed by atoms with Gasteiger partial charge in [-0.25, -0.2) is 30.3 Å². The molecular weight excluding hydrogens is 1860 g/mol. The van der Waals surface area contributed by atoms with E-state index in [1.165, 1.54) is 205 Å². The number of anilines is 1. The highest BCUT2D eigenvalue weighted by molar-refractivity contribution is 7.90. The van der Waals surface area contributed by atoms with Crippen LogP contribution >= 0.6 is 0 Å². The maximum atomic E-state index is 12.2. The highest BCUT2D eigenvalue weighted by atomic mass is 32.2. The first-order valence-electron chi connectivity index (χ1n) is 52.5. The summed E-state index contributed by atoms with van der Waals surface area (Å²) in [5.41, 5.74) is 0.355. The van der Waals surface area contributed by atoms with Crippen molar-refractivity contribution in [1.29, 1.82) is 0 Å². The van der Waals surface area contributed by atoms with E-state index in [0.29, 0.717) is 44.4 Å². The van der Waals surface area contributed by atoms with Crippen LogP contribution in [0.5, 0.6) is 23.0 Å². The van der Waals surface area contributed by atoms with Crippen molar-refractivity contribution in [1.82, 2.24) is 29.2 Å². The number of nitrogens with zero attached hydrogens (tertiary/aromatic N) is 5. The Kier molecular flexibility index (Phi) is 85.1. The van der Waals surface area contributed by atoms with Gasteiger partial charge in [-0.1, -0.05) is 44.2 Å². The number of hydrogen-bond donors (Lipinski definition) is 2. The molecule has 33 heteroatoms. The van der Waals surface area contributed by atoms with E-state index in [1.54, 1.807) is 122 Å². The standard InChI is InChI=1S/C14H27NO3.C11H21NO2.C10H21NO3S.C10H21NO.C10H20O.C9H11NO2.C9H19NO.C9H18O2.C8H10O2.C7H7FO.C7H13NO2.C5H12O3S/c1-14(2,3)18-13(16)15-9-7-12(8-10-15)6-5-11-17-4;1-10(13)12-7-5-11(6-8-12)4-3-9-14-2;1-14-9-3-4-10-5-7-11(8-6-10)15(2,12)13;1-11-7-5-10(6-8-11)4-3-9-12-2;1-11-9-5-8-10-6-3-2-4-7-10;1-7(11)10-8-4-3-5-9(6-8)12-2;1-11-8-2-3-9-4-6-10-7-5-9;1-10-6-2-3-9-4-7-11-8-5-9;1-9-7-4-3-5-8(6-7)10-2;1-9-7-4-2-6(8)3-5-7;1-10-6-5-8-4-2-3-7(8)9;1-8-4-3-5-9(2,6)7/h12H,5-11H2,1-4H3;11H,3-9H2,1-2H3;10H,3-9H2,1-2H3;10H,3-9H2,1-2H3;10H,2-9H2,1H3;3-6H,1-2H3,(H,10,11);9-10H,2-8H2,1H3;9H,2-8H2,1H3;3-6H,1-2H3;2-5H,1H3;2-6H2,1H3;3-5H2,1-2H3. The zero-order chi connectivity index (χ0) is 106. The summed E-state index contributed by atoms with van der Waals surface area (Å²) in [6.45, 7) is 29.9. The Morgan fingerprint density at radius 3 is 1.14 bits per heavy atom. The van der Waals surface area contributed by atoms with Crippen molar-refractivity contribution in [2.75, 3.05) is 274 Å². The van der Waals surface area contributed by atoms with E-state index in [2.05, 4.69) is 27.3 Å². The molecule has 3 aromatic rings. The predicted octanol–water partition coefficient (Wildman–Crippen LogP) is 19.3. The Labute approximate surface area is 861 Å². The summed E-state index contributed by atoms with van der Waals surface area (Å²) in [6.07, 6.45) is 43.9. The number of carbonyl (C=O) groups is 4. The van der Waals surface area contributed by atoms with Crippen LogP contribution in [0.2, 0.25) is 0 Å². The first-order chi connectivity index (χ1) is 68.1. The third-order valence-electron chi connectivity index (χ3n) is 25.8. The number of ether oxygens (including phenoxy) is 15. The lowest BCUT2D eigenvalue weighted by Crippen LogP contribution is -2.41. The monoisotopic (exact) mass is 2060 g/mol. The third kappa shape index (κ3) is 78.2. The van der Waals surface area contributed by atoms with E-state index < -0.39 is 25.5 Å². The van der Waals surface area contributed by atoms with E-state index >= 15 is 0 Å². The van der Waals surface area contributed by atoms with Crippen molar-refractivity contribution >= 4 is 49.4 Å². The molecule has 11 rings (SSSR count). The van der Waals surface area contributed by atoms with E-state index in [9.17, 15) is 40.4 Å². The van der Waals surface area contributed by atoms with Gasteiger partial charge in [0.25, 0.3) is 0 Å². The first-order valence-corrected chi connectivity index (χ1v) is 56.5. The van der Waals surface area contributed by atoms with E-state index in [-0.39, 0.29) is 35.4 Å². The Balaban J connectivity index is 0.00000153. The van der Waals surface area contributed by atoms with Crippen LogP contribution in [0.25, 0.3) is 0 Å². The number of amides is 4. The molecule has 0 radical (unpaired) electrons. The zero-order valence-corrected chi connectivity index (χ0v) is 93.9. The summed E-state index contributed by atoms with van der Waals surface area (Å²) in [4.78, 5) is 52.6. The van der Waals surface area contributed by atoms with Gasteiger partial charge in [0.05, 0.1) is 47.1 Å². The van der Waals surface area contributed by atoms with Gasteiger partial charge in [-0.3, -0.25) is 14.4 Å². The molecule has 0 bridgehead atoms. The molecule has 0 aromatic heterocycles. The number of halogens is 1. The molecule has 0 spiro atoms. The Morgan fingerprint density at radius 2 is 0.782 bits per heavy atom. The van der Waals surface area contributed by atoms with Crippen LogP contribution in [-0.4, -0.2) is 339 Å². The van der Waals surface area contributed by atoms with Gasteiger partial charge in [0, 0.05) is 227 Å². The smallest absolute Gasteiger partial charge is 0.410 e. The molecule has 0 unspecified atom stereocenters. The molecule has 142 heavy (non-hydrogen) atoms. The molecule has 0 atom stereocenters. The van der Waals surface area contributed by atoms with Crippen molar-refractivity contribution in [3.63, 3.8) is 0 Å². The molecule has 4 amide bonds. The van der Waals surface area contributed by atoms with Gasteiger partial charge in [-0.15, -0.1) is 0 Å². The number of likely N-dealkylation sites (tertiary alicyclic amines) is 4. The summed E-state index contributed by atoms with van der Waals surface area (Å²) in [7, 11) is 18.4. The molecule has 8 aliphatic rings. The lowest BCUT2D eigenvalue weighted by atomic mass is 9.86. The van der Waals surface area contributed by atoms with Gasteiger partial charge >= 0.3 is 6.09 Å². The summed E-state index contributed by atoms with van der Waals surface area (Å²) in [5.74, 6) is 9.53. The SMILES string of the molecule is COCCCC1CCCCC1.COCCCC1CCN(C(=O)OC(C)(C)C)CC1.COCCCC1CCN(C(C)=O)CC1.COCCCC1CCN(C)CC1.COCCCC1CCN(S(C)(=O)=O)CC1.COCCCC1CCNCC1.COCCCC1CCOCC1.COCCCS(C)(=O)=O.COCCN1CCCC1=O.COc1ccc(F)cc1.COc1cccc(NC(C)=O)c1.COc1cccc(OC)c1. The average molecular weight is 2060 g/mol. The Bertz CT molecular complexity index is 3610. The molecule has 828 valence electrons. The average Bonchev–Trinajstić information content (AvgIpc) is 1.63.